The summed E-state index contributed by atoms with van der Waals surface area (Å²) in [5, 5.41) is 0. The number of rotatable bonds is 11. The molecule has 0 fully saturated rings. The topological polar surface area (TPSA) is 49.4 Å². The molecular weight excluding hydrogens is 310 g/mol. The molecule has 0 aliphatic carbocycles. The van der Waals surface area contributed by atoms with Crippen LogP contribution in [-0.2, 0) is 16.0 Å². The molecule has 1 aromatic carbocycles. The van der Waals surface area contributed by atoms with Crippen LogP contribution in [0.25, 0.3) is 0 Å². The van der Waals surface area contributed by atoms with Crippen molar-refractivity contribution < 1.29 is 23.7 Å². The van der Waals surface area contributed by atoms with Gasteiger partial charge in [0.1, 0.15) is 0 Å². The number of fused-ring (bicyclic) bond motifs is 1. The summed E-state index contributed by atoms with van der Waals surface area (Å²) < 4.78 is 28.0. The maximum absolute atomic E-state index is 5.79. The average Bonchev–Trinajstić information content (AvgIpc) is 3.05. The minimum absolute atomic E-state index is 0.213. The van der Waals surface area contributed by atoms with Gasteiger partial charge in [-0.2, -0.15) is 0 Å². The summed E-state index contributed by atoms with van der Waals surface area (Å²) in [6.45, 7) is 7.24. The Bertz CT molecular complexity index is 500. The molecule has 0 saturated heterocycles. The first-order valence-electron chi connectivity index (χ1n) is 8.56. The number of likely N-dealkylation sites (N-methyl/N-ethyl adjacent to an activating group) is 1. The van der Waals surface area contributed by atoms with Crippen LogP contribution in [0, 0.1) is 0 Å². The van der Waals surface area contributed by atoms with Gasteiger partial charge in [-0.25, -0.2) is 0 Å². The highest BCUT2D eigenvalue weighted by Crippen LogP contribution is 2.43. The Labute approximate surface area is 144 Å². The van der Waals surface area contributed by atoms with Gasteiger partial charge in [-0.1, -0.05) is 19.9 Å². The molecule has 1 aliphatic rings. The van der Waals surface area contributed by atoms with Crippen LogP contribution in [0.3, 0.4) is 0 Å². The first-order chi connectivity index (χ1) is 11.7. The van der Waals surface area contributed by atoms with Gasteiger partial charge in [0.05, 0.1) is 7.11 Å². The molecule has 0 atom stereocenters. The normalized spacial score (nSPS) is 13.1. The lowest BCUT2D eigenvalue weighted by Gasteiger charge is -2.25. The van der Waals surface area contributed by atoms with Gasteiger partial charge in [0.25, 0.3) is 0 Å². The van der Waals surface area contributed by atoms with Gasteiger partial charge in [0, 0.05) is 31.9 Å². The van der Waals surface area contributed by atoms with Crippen molar-refractivity contribution >= 4 is 0 Å². The summed E-state index contributed by atoms with van der Waals surface area (Å²) in [6.07, 6.45) is 1.74. The molecule has 0 spiro atoms. The Kier molecular flexibility index (Phi) is 7.62. The predicted octanol–water partition coefficient (Wildman–Crippen LogP) is 3.04. The van der Waals surface area contributed by atoms with Crippen LogP contribution in [0.5, 0.6) is 17.2 Å². The van der Waals surface area contributed by atoms with E-state index in [0.29, 0.717) is 32.1 Å². The molecule has 0 N–H and O–H groups in total. The molecule has 0 bridgehead atoms. The zero-order valence-electron chi connectivity index (χ0n) is 15.2. The van der Waals surface area contributed by atoms with Crippen molar-refractivity contribution in [2.24, 2.45) is 0 Å². The van der Waals surface area contributed by atoms with Crippen molar-refractivity contribution in [1.82, 2.24) is 4.90 Å². The monoisotopic (exact) mass is 339 g/mol. The summed E-state index contributed by atoms with van der Waals surface area (Å²) in [4.78, 5) is 2.16. The minimum Gasteiger partial charge on any atom is -0.492 e. The van der Waals surface area contributed by atoms with Gasteiger partial charge in [0.2, 0.25) is 12.5 Å². The maximum atomic E-state index is 5.79. The molecule has 1 aliphatic heterocycles. The van der Waals surface area contributed by atoms with Crippen LogP contribution < -0.4 is 14.2 Å². The second-order valence-corrected chi connectivity index (χ2v) is 5.86. The smallest absolute Gasteiger partial charge is 0.231 e. The van der Waals surface area contributed by atoms with E-state index < -0.39 is 0 Å². The zero-order valence-corrected chi connectivity index (χ0v) is 15.2. The van der Waals surface area contributed by atoms with E-state index in [1.165, 1.54) is 0 Å². The van der Waals surface area contributed by atoms with Gasteiger partial charge in [0.15, 0.2) is 17.8 Å². The third-order valence-corrected chi connectivity index (χ3v) is 3.70. The lowest BCUT2D eigenvalue weighted by atomic mass is 10.1. The molecule has 2 rings (SSSR count). The van der Waals surface area contributed by atoms with Crippen LogP contribution in [0.2, 0.25) is 0 Å². The first kappa shape index (κ1) is 18.8. The van der Waals surface area contributed by atoms with Crippen molar-refractivity contribution in [3.8, 4) is 17.2 Å². The second kappa shape index (κ2) is 9.71. The molecule has 6 nitrogen and oxygen atoms in total. The third kappa shape index (κ3) is 5.00. The fourth-order valence-corrected chi connectivity index (χ4v) is 2.60. The highest BCUT2D eigenvalue weighted by Gasteiger charge is 2.23. The van der Waals surface area contributed by atoms with E-state index in [4.69, 9.17) is 23.7 Å². The standard InChI is InChI=1S/C18H29NO5/c1-5-9-21-16(22-10-6-2)12-19(3)11-14-7-8-15-18(17(14)20-4)24-13-23-15/h7-8,16H,5-6,9-13H2,1-4H3. The van der Waals surface area contributed by atoms with E-state index in [0.717, 1.165) is 29.9 Å². The lowest BCUT2D eigenvalue weighted by molar-refractivity contribution is -0.151. The van der Waals surface area contributed by atoms with E-state index in [9.17, 15) is 0 Å². The van der Waals surface area contributed by atoms with Crippen LogP contribution in [0.1, 0.15) is 32.3 Å². The average molecular weight is 339 g/mol. The van der Waals surface area contributed by atoms with E-state index in [1.807, 2.05) is 19.2 Å². The SMILES string of the molecule is CCCOC(CN(C)Cc1ccc2c(c1OC)OCO2)OCCC. The van der Waals surface area contributed by atoms with Gasteiger partial charge in [-0.05, 0) is 26.0 Å². The van der Waals surface area contributed by atoms with E-state index in [2.05, 4.69) is 18.7 Å². The Morgan fingerprint density at radius 3 is 2.46 bits per heavy atom. The van der Waals surface area contributed by atoms with Gasteiger partial charge < -0.3 is 23.7 Å². The molecule has 0 aromatic heterocycles. The highest BCUT2D eigenvalue weighted by molar-refractivity contribution is 5.56. The lowest BCUT2D eigenvalue weighted by Crippen LogP contribution is -2.33. The van der Waals surface area contributed by atoms with Gasteiger partial charge >= 0.3 is 0 Å². The fraction of sp³-hybridized carbons (Fsp3) is 0.667. The largest absolute Gasteiger partial charge is 0.492 e. The Morgan fingerprint density at radius 1 is 1.12 bits per heavy atom. The molecule has 1 heterocycles. The summed E-state index contributed by atoms with van der Waals surface area (Å²) in [5.41, 5.74) is 1.05. The van der Waals surface area contributed by atoms with Crippen molar-refractivity contribution in [2.75, 3.05) is 40.7 Å². The van der Waals surface area contributed by atoms with Crippen LogP contribution in [0.15, 0.2) is 12.1 Å². The van der Waals surface area contributed by atoms with Crippen molar-refractivity contribution in [2.45, 2.75) is 39.5 Å². The molecular formula is C18H29NO5. The highest BCUT2D eigenvalue weighted by atomic mass is 16.7. The number of methoxy groups -OCH3 is 1. The Hall–Kier alpha value is -1.50. The summed E-state index contributed by atoms with van der Waals surface area (Å²) in [7, 11) is 3.69. The number of nitrogens with zero attached hydrogens (tertiary/aromatic N) is 1. The molecule has 6 heteroatoms. The number of hydrogen-bond acceptors (Lipinski definition) is 6. The van der Waals surface area contributed by atoms with Gasteiger partial charge in [-0.3, -0.25) is 4.90 Å². The van der Waals surface area contributed by atoms with Gasteiger partial charge in [-0.15, -0.1) is 0 Å². The predicted molar refractivity (Wildman–Crippen MR) is 91.7 cm³/mol. The van der Waals surface area contributed by atoms with Crippen LogP contribution >= 0.6 is 0 Å². The Morgan fingerprint density at radius 2 is 1.83 bits per heavy atom. The molecule has 136 valence electrons. The van der Waals surface area contributed by atoms with E-state index in [-0.39, 0.29) is 13.1 Å². The summed E-state index contributed by atoms with van der Waals surface area (Å²) in [5.74, 6) is 2.15. The third-order valence-electron chi connectivity index (χ3n) is 3.70. The molecule has 0 radical (unpaired) electrons. The van der Waals surface area contributed by atoms with Crippen molar-refractivity contribution in [3.63, 3.8) is 0 Å². The first-order valence-corrected chi connectivity index (χ1v) is 8.56. The van der Waals surface area contributed by atoms with E-state index >= 15 is 0 Å². The molecule has 0 saturated carbocycles. The fourth-order valence-electron chi connectivity index (χ4n) is 2.60. The quantitative estimate of drug-likeness (QED) is 0.578. The summed E-state index contributed by atoms with van der Waals surface area (Å²) in [6, 6.07) is 3.93. The zero-order chi connectivity index (χ0) is 17.4. The number of ether oxygens (including phenoxy) is 5. The summed E-state index contributed by atoms with van der Waals surface area (Å²) >= 11 is 0. The van der Waals surface area contributed by atoms with Crippen molar-refractivity contribution in [3.05, 3.63) is 17.7 Å². The number of benzene rings is 1. The number of hydrogen-bond donors (Lipinski definition) is 0. The molecule has 24 heavy (non-hydrogen) atoms. The molecule has 1 aromatic rings. The maximum Gasteiger partial charge on any atom is 0.231 e. The van der Waals surface area contributed by atoms with Crippen LogP contribution in [0.4, 0.5) is 0 Å². The Balaban J connectivity index is 1.98. The molecule has 0 unspecified atom stereocenters. The molecule has 0 amide bonds. The second-order valence-electron chi connectivity index (χ2n) is 5.86. The van der Waals surface area contributed by atoms with E-state index in [1.54, 1.807) is 7.11 Å². The van der Waals surface area contributed by atoms with Crippen LogP contribution in [-0.4, -0.2) is 51.9 Å². The minimum atomic E-state index is -0.213. The van der Waals surface area contributed by atoms with Crippen molar-refractivity contribution in [1.29, 1.82) is 0 Å².